The molecule has 0 aliphatic carbocycles. The lowest BCUT2D eigenvalue weighted by Crippen LogP contribution is -2.47. The quantitative estimate of drug-likeness (QED) is 0.797. The number of carbonyl (C=O) groups is 2. The van der Waals surface area contributed by atoms with E-state index in [1.54, 1.807) is 4.90 Å². The highest BCUT2D eigenvalue weighted by Crippen LogP contribution is 2.18. The summed E-state index contributed by atoms with van der Waals surface area (Å²) in [6, 6.07) is 9.27. The monoisotopic (exact) mass is 346 g/mol. The second kappa shape index (κ2) is 10.0. The summed E-state index contributed by atoms with van der Waals surface area (Å²) in [5.74, 6) is -0.0589. The summed E-state index contributed by atoms with van der Waals surface area (Å²) in [6.45, 7) is 8.92. The second-order valence-corrected chi connectivity index (χ2v) is 6.40. The van der Waals surface area contributed by atoms with Gasteiger partial charge < -0.3 is 20.4 Å². The maximum atomic E-state index is 12.4. The van der Waals surface area contributed by atoms with Crippen molar-refractivity contribution in [1.82, 2.24) is 15.1 Å². The van der Waals surface area contributed by atoms with Crippen LogP contribution in [0.5, 0.6) is 0 Å². The van der Waals surface area contributed by atoms with Crippen LogP contribution in [-0.4, -0.2) is 61.0 Å². The van der Waals surface area contributed by atoms with Gasteiger partial charge in [0, 0.05) is 31.9 Å². The minimum atomic E-state index is -0.133. The van der Waals surface area contributed by atoms with Crippen molar-refractivity contribution in [1.29, 1.82) is 0 Å². The Morgan fingerprint density at radius 1 is 1.20 bits per heavy atom. The number of hydrogen-bond donors (Lipinski definition) is 2. The smallest absolute Gasteiger partial charge is 0.321 e. The summed E-state index contributed by atoms with van der Waals surface area (Å²) >= 11 is 0. The molecule has 2 rings (SSSR count). The number of rotatable bonds is 7. The summed E-state index contributed by atoms with van der Waals surface area (Å²) in [5.41, 5.74) is 0.776. The number of hydrogen-bond acceptors (Lipinski definition) is 3. The molecule has 1 aliphatic heterocycles. The van der Waals surface area contributed by atoms with Gasteiger partial charge in [-0.2, -0.15) is 0 Å². The van der Waals surface area contributed by atoms with Gasteiger partial charge in [-0.15, -0.1) is 0 Å². The number of likely N-dealkylation sites (N-methyl/N-ethyl adjacent to an activating group) is 1. The first-order valence-corrected chi connectivity index (χ1v) is 9.25. The molecule has 1 aromatic carbocycles. The molecule has 6 nitrogen and oxygen atoms in total. The van der Waals surface area contributed by atoms with Crippen LogP contribution in [0.4, 0.5) is 10.5 Å². The van der Waals surface area contributed by atoms with Crippen molar-refractivity contribution in [3.63, 3.8) is 0 Å². The molecule has 0 bridgehead atoms. The van der Waals surface area contributed by atoms with Crippen molar-refractivity contribution in [3.8, 4) is 0 Å². The number of anilines is 1. The average Bonchev–Trinajstić information content (AvgIpc) is 2.66. The maximum absolute atomic E-state index is 12.4. The zero-order valence-electron chi connectivity index (χ0n) is 15.3. The van der Waals surface area contributed by atoms with Crippen LogP contribution in [0.1, 0.15) is 26.7 Å². The van der Waals surface area contributed by atoms with E-state index in [1.165, 1.54) is 0 Å². The fourth-order valence-corrected chi connectivity index (χ4v) is 3.12. The van der Waals surface area contributed by atoms with Crippen LogP contribution in [-0.2, 0) is 4.79 Å². The Labute approximate surface area is 150 Å². The number of carbonyl (C=O) groups excluding carboxylic acids is 2. The van der Waals surface area contributed by atoms with Crippen molar-refractivity contribution < 1.29 is 9.59 Å². The van der Waals surface area contributed by atoms with Gasteiger partial charge >= 0.3 is 6.03 Å². The first-order valence-electron chi connectivity index (χ1n) is 9.25. The molecule has 3 amide bonds. The number of amides is 3. The van der Waals surface area contributed by atoms with Gasteiger partial charge in [0.1, 0.15) is 0 Å². The third kappa shape index (κ3) is 6.05. The van der Waals surface area contributed by atoms with Crippen molar-refractivity contribution >= 4 is 17.6 Å². The number of urea groups is 1. The van der Waals surface area contributed by atoms with E-state index >= 15 is 0 Å². The predicted molar refractivity (Wildman–Crippen MR) is 101 cm³/mol. The lowest BCUT2D eigenvalue weighted by Gasteiger charge is -2.32. The predicted octanol–water partition coefficient (Wildman–Crippen LogP) is 2.39. The Morgan fingerprint density at radius 3 is 2.60 bits per heavy atom. The van der Waals surface area contributed by atoms with Crippen LogP contribution in [0, 0.1) is 5.92 Å². The molecule has 0 radical (unpaired) electrons. The Hall–Kier alpha value is -2.08. The molecule has 0 saturated carbocycles. The topological polar surface area (TPSA) is 64.7 Å². The molecular formula is C19H30N4O2. The summed E-state index contributed by atoms with van der Waals surface area (Å²) < 4.78 is 0. The first kappa shape index (κ1) is 19.2. The van der Waals surface area contributed by atoms with Crippen molar-refractivity contribution in [3.05, 3.63) is 30.3 Å². The molecule has 6 heteroatoms. The van der Waals surface area contributed by atoms with Crippen LogP contribution in [0.25, 0.3) is 0 Å². The fourth-order valence-electron chi connectivity index (χ4n) is 3.12. The lowest BCUT2D eigenvalue weighted by molar-refractivity contribution is -0.126. The minimum Gasteiger partial charge on any atom is -0.355 e. The fraction of sp³-hybridized carbons (Fsp3) is 0.579. The second-order valence-electron chi connectivity index (χ2n) is 6.40. The van der Waals surface area contributed by atoms with E-state index in [0.29, 0.717) is 19.6 Å². The Morgan fingerprint density at radius 2 is 1.92 bits per heavy atom. The number of likely N-dealkylation sites (tertiary alicyclic amines) is 1. The molecule has 138 valence electrons. The number of piperidine rings is 1. The molecule has 1 atom stereocenters. The minimum absolute atomic E-state index is 0.0596. The van der Waals surface area contributed by atoms with Gasteiger partial charge in [0.05, 0.1) is 5.92 Å². The summed E-state index contributed by atoms with van der Waals surface area (Å²) in [6.07, 6.45) is 1.70. The zero-order valence-corrected chi connectivity index (χ0v) is 15.3. The van der Waals surface area contributed by atoms with E-state index in [9.17, 15) is 9.59 Å². The number of nitrogens with one attached hydrogen (secondary N) is 2. The van der Waals surface area contributed by atoms with E-state index in [4.69, 9.17) is 0 Å². The number of nitrogens with zero attached hydrogens (tertiary/aromatic N) is 2. The Kier molecular flexibility index (Phi) is 7.73. The first-order chi connectivity index (χ1) is 12.1. The summed E-state index contributed by atoms with van der Waals surface area (Å²) in [5, 5.41) is 5.91. The largest absolute Gasteiger partial charge is 0.355 e. The van der Waals surface area contributed by atoms with Gasteiger partial charge in [0.25, 0.3) is 0 Å². The van der Waals surface area contributed by atoms with Gasteiger partial charge in [-0.25, -0.2) is 4.79 Å². The number of para-hydroxylation sites is 1. The Bertz CT molecular complexity index is 546. The highest BCUT2D eigenvalue weighted by molar-refractivity contribution is 5.90. The maximum Gasteiger partial charge on any atom is 0.321 e. The summed E-state index contributed by atoms with van der Waals surface area (Å²) in [4.78, 5) is 28.8. The summed E-state index contributed by atoms with van der Waals surface area (Å²) in [7, 11) is 0. The zero-order chi connectivity index (χ0) is 18.1. The van der Waals surface area contributed by atoms with Crippen LogP contribution in [0.15, 0.2) is 30.3 Å². The van der Waals surface area contributed by atoms with Gasteiger partial charge in [-0.1, -0.05) is 32.0 Å². The van der Waals surface area contributed by atoms with Gasteiger partial charge in [0.2, 0.25) is 5.91 Å². The Balaban J connectivity index is 1.79. The van der Waals surface area contributed by atoms with Crippen LogP contribution >= 0.6 is 0 Å². The van der Waals surface area contributed by atoms with E-state index in [-0.39, 0.29) is 17.9 Å². The van der Waals surface area contributed by atoms with E-state index in [0.717, 1.165) is 38.2 Å². The molecule has 1 unspecified atom stereocenters. The normalized spacial score (nSPS) is 17.4. The molecule has 1 saturated heterocycles. The molecule has 1 heterocycles. The molecule has 0 aromatic heterocycles. The molecule has 25 heavy (non-hydrogen) atoms. The molecular weight excluding hydrogens is 316 g/mol. The van der Waals surface area contributed by atoms with Crippen LogP contribution in [0.3, 0.4) is 0 Å². The lowest BCUT2D eigenvalue weighted by atomic mass is 9.97. The number of benzene rings is 1. The van der Waals surface area contributed by atoms with Crippen molar-refractivity contribution in [2.75, 3.05) is 44.6 Å². The van der Waals surface area contributed by atoms with Gasteiger partial charge in [0.15, 0.2) is 0 Å². The standard InChI is InChI=1S/C19H30N4O2/c1-3-22(4-2)14-12-20-18(24)16-9-8-13-23(15-16)19(25)21-17-10-6-5-7-11-17/h5-7,10-11,16H,3-4,8-9,12-15H2,1-2H3,(H,20,24)(H,21,25). The van der Waals surface area contributed by atoms with E-state index in [1.807, 2.05) is 30.3 Å². The van der Waals surface area contributed by atoms with E-state index in [2.05, 4.69) is 29.4 Å². The third-order valence-electron chi connectivity index (χ3n) is 4.73. The molecule has 1 fully saturated rings. The van der Waals surface area contributed by atoms with Crippen LogP contribution in [0.2, 0.25) is 0 Å². The van der Waals surface area contributed by atoms with Gasteiger partial charge in [-0.3, -0.25) is 4.79 Å². The average molecular weight is 346 g/mol. The molecule has 0 spiro atoms. The highest BCUT2D eigenvalue weighted by Gasteiger charge is 2.28. The molecule has 2 N–H and O–H groups in total. The molecule has 1 aliphatic rings. The van der Waals surface area contributed by atoms with Gasteiger partial charge in [-0.05, 0) is 38.1 Å². The highest BCUT2D eigenvalue weighted by atomic mass is 16.2. The SMILES string of the molecule is CCN(CC)CCNC(=O)C1CCCN(C(=O)Nc2ccccc2)C1. The molecule has 1 aromatic rings. The van der Waals surface area contributed by atoms with E-state index < -0.39 is 0 Å². The third-order valence-corrected chi connectivity index (χ3v) is 4.73. The van der Waals surface area contributed by atoms with Crippen molar-refractivity contribution in [2.45, 2.75) is 26.7 Å². The van der Waals surface area contributed by atoms with Crippen LogP contribution < -0.4 is 10.6 Å². The van der Waals surface area contributed by atoms with Crippen molar-refractivity contribution in [2.24, 2.45) is 5.92 Å².